The van der Waals surface area contributed by atoms with Gasteiger partial charge in [0.15, 0.2) is 23.3 Å². The number of benzene rings is 2. The lowest BCUT2D eigenvalue weighted by molar-refractivity contribution is -0.140. The molecule has 10 N–H and O–H groups in total. The maximum atomic E-state index is 14.0. The quantitative estimate of drug-likeness (QED) is 0.0158. The van der Waals surface area contributed by atoms with Crippen molar-refractivity contribution in [1.29, 1.82) is 0 Å². The number of nitrogens with zero attached hydrogens (tertiary/aromatic N) is 7. The monoisotopic (exact) mass is 1130 g/mol. The van der Waals surface area contributed by atoms with Gasteiger partial charge in [0.1, 0.15) is 34.1 Å². The molecule has 0 spiro atoms. The Balaban J connectivity index is 1.12. The summed E-state index contributed by atoms with van der Waals surface area (Å²) in [7, 11) is 1.41. The first-order chi connectivity index (χ1) is 39.1. The summed E-state index contributed by atoms with van der Waals surface area (Å²) in [6.07, 6.45) is 5.31. The number of ether oxygens (including phenoxy) is 2. The van der Waals surface area contributed by atoms with Crippen molar-refractivity contribution in [2.45, 2.75) is 105 Å². The van der Waals surface area contributed by atoms with Gasteiger partial charge < -0.3 is 55.7 Å². The topological polar surface area (TPSA) is 408 Å². The van der Waals surface area contributed by atoms with E-state index in [9.17, 15) is 47.9 Å². The molecular weight excluding hydrogens is 1070 g/mol. The number of aryl methyl sites for hydroxylation is 4. The van der Waals surface area contributed by atoms with Crippen LogP contribution < -0.4 is 43.0 Å². The average Bonchev–Trinajstić information content (AvgIpc) is 4.32. The van der Waals surface area contributed by atoms with Gasteiger partial charge in [-0.25, -0.2) is 19.9 Å². The second-order valence-corrected chi connectivity index (χ2v) is 19.2. The van der Waals surface area contributed by atoms with E-state index in [1.807, 2.05) is 13.8 Å². The lowest BCUT2D eigenvalue weighted by Gasteiger charge is -2.18. The van der Waals surface area contributed by atoms with Crippen LogP contribution in [0.4, 0.5) is 5.95 Å². The van der Waals surface area contributed by atoms with E-state index in [1.54, 1.807) is 35.1 Å². The number of oxazole rings is 2. The Labute approximate surface area is 468 Å². The summed E-state index contributed by atoms with van der Waals surface area (Å²) in [4.78, 5) is 146. The Morgan fingerprint density at radius 2 is 1.33 bits per heavy atom. The van der Waals surface area contributed by atoms with Gasteiger partial charge in [0.25, 0.3) is 17.7 Å². The number of amides is 7. The van der Waals surface area contributed by atoms with Gasteiger partial charge in [-0.05, 0) is 56.4 Å². The van der Waals surface area contributed by atoms with Crippen LogP contribution in [0.5, 0.6) is 11.5 Å². The zero-order chi connectivity index (χ0) is 59.5. The Kier molecular flexibility index (Phi) is 19.4. The van der Waals surface area contributed by atoms with E-state index in [4.69, 9.17) is 46.2 Å². The van der Waals surface area contributed by atoms with Crippen molar-refractivity contribution in [1.82, 2.24) is 39.3 Å². The molecule has 1 aliphatic heterocycles. The molecule has 27 nitrogen and oxygen atoms in total. The molecule has 2 atom stereocenters. The fourth-order valence-electron chi connectivity index (χ4n) is 9.19. The van der Waals surface area contributed by atoms with Gasteiger partial charge in [0.05, 0.1) is 55.1 Å². The lowest BCUT2D eigenvalue weighted by atomic mass is 9.91. The molecule has 0 saturated carbocycles. The minimum atomic E-state index is -1.17. The summed E-state index contributed by atoms with van der Waals surface area (Å²) in [5.74, 6) is -5.87. The van der Waals surface area contributed by atoms with E-state index in [-0.39, 0.29) is 128 Å². The van der Waals surface area contributed by atoms with Gasteiger partial charge in [0, 0.05) is 81.9 Å². The number of ketones is 3. The maximum absolute atomic E-state index is 14.0. The number of aromatic nitrogens is 6. The molecule has 0 unspecified atom stereocenters. The number of nitrogens with two attached hydrogens (primary N) is 4. The highest BCUT2D eigenvalue weighted by molar-refractivity contribution is 6.14. The van der Waals surface area contributed by atoms with Gasteiger partial charge in [-0.1, -0.05) is 26.0 Å². The Morgan fingerprint density at radius 1 is 0.744 bits per heavy atom. The average molecular weight is 1130 g/mol. The molecule has 0 radical (unpaired) electrons. The van der Waals surface area contributed by atoms with Crippen LogP contribution in [-0.4, -0.2) is 126 Å². The molecule has 27 heteroatoms. The second-order valence-electron chi connectivity index (χ2n) is 19.2. The number of allylic oxidation sites excluding steroid dienone is 2. The number of carbonyl (C=O) groups is 10. The van der Waals surface area contributed by atoms with Gasteiger partial charge in [-0.2, -0.15) is 0 Å². The number of fused-ring (bicyclic) bond motifs is 2. The largest absolute Gasteiger partial charge is 0.494 e. The molecule has 2 aromatic carbocycles. The molecular formula is C55H63N13O14. The normalized spacial score (nSPS) is 13.1. The van der Waals surface area contributed by atoms with Crippen molar-refractivity contribution in [2.75, 3.05) is 32.1 Å². The number of carbonyl (C=O) groups excluding carboxylic acids is 10. The molecule has 0 fully saturated rings. The summed E-state index contributed by atoms with van der Waals surface area (Å²) in [5, 5.41) is 5.56. The van der Waals surface area contributed by atoms with Crippen LogP contribution in [0.1, 0.15) is 123 Å². The highest BCUT2D eigenvalue weighted by atomic mass is 16.5. The van der Waals surface area contributed by atoms with Crippen LogP contribution in [0.2, 0.25) is 0 Å². The van der Waals surface area contributed by atoms with Crippen molar-refractivity contribution in [3.63, 3.8) is 0 Å². The summed E-state index contributed by atoms with van der Waals surface area (Å²) >= 11 is 0. The van der Waals surface area contributed by atoms with Crippen molar-refractivity contribution < 1.29 is 66.3 Å². The van der Waals surface area contributed by atoms with Crippen LogP contribution in [0.3, 0.4) is 0 Å². The van der Waals surface area contributed by atoms with Gasteiger partial charge in [0.2, 0.25) is 41.1 Å². The number of imidazole rings is 2. The Bertz CT molecular complexity index is 3560. The lowest BCUT2D eigenvalue weighted by Crippen LogP contribution is -2.39. The van der Waals surface area contributed by atoms with E-state index in [0.717, 1.165) is 17.1 Å². The maximum Gasteiger partial charge on any atom is 0.295 e. The molecule has 0 saturated heterocycles. The number of hydrogen-bond acceptors (Lipinski definition) is 19. The number of primary amides is 3. The predicted molar refractivity (Wildman–Crippen MR) is 292 cm³/mol. The number of rotatable bonds is 31. The van der Waals surface area contributed by atoms with Crippen LogP contribution in [0.15, 0.2) is 57.4 Å². The van der Waals surface area contributed by atoms with Crippen molar-refractivity contribution in [2.24, 2.45) is 28.9 Å². The molecule has 7 amide bonds. The molecule has 82 heavy (non-hydrogen) atoms. The fraction of sp³-hybridized carbons (Fsp3) is 0.382. The van der Waals surface area contributed by atoms with E-state index < -0.39 is 77.2 Å². The smallest absolute Gasteiger partial charge is 0.295 e. The van der Waals surface area contributed by atoms with E-state index >= 15 is 0 Å². The molecule has 5 heterocycles. The van der Waals surface area contributed by atoms with Gasteiger partial charge in [-0.3, -0.25) is 58.2 Å². The Hall–Kier alpha value is -9.66. The highest BCUT2D eigenvalue weighted by Gasteiger charge is 2.30. The van der Waals surface area contributed by atoms with Gasteiger partial charge in [-0.15, -0.1) is 0 Å². The first kappa shape index (κ1) is 60.0. The number of anilines is 1. The predicted octanol–water partition coefficient (Wildman–Crippen LogP) is 2.57. The number of Topliss-reactive ketones (excluding diaryl/α,β-unsaturated/α-hetero) is 3. The van der Waals surface area contributed by atoms with Crippen LogP contribution >= 0.6 is 0 Å². The third-order valence-electron chi connectivity index (χ3n) is 13.3. The minimum absolute atomic E-state index is 0.00346. The molecule has 0 bridgehead atoms. The van der Waals surface area contributed by atoms with E-state index in [2.05, 4.69) is 25.6 Å². The summed E-state index contributed by atoms with van der Waals surface area (Å²) in [6, 6.07) is 4.64. The number of hydrogen-bond donors (Lipinski definition) is 6. The molecule has 1 aliphatic rings. The Morgan fingerprint density at radius 3 is 1.94 bits per heavy atom. The number of imide groups is 1. The SMILES string of the molecule is CCc1nc(C)oc1C(=O)Cc1nc2cc(C(N)=O)cc(OCCCNC(=O)[C@@H](CCC(N)=O)CC(=O)[C@H](N)CCC(=O)CN3C(=O)C=CC3=O)c2n1C/C=C/Cn1c(NC(=O)c2oc(C)nc2CC)nc2cc(C(N)=O)cc(OC)c21. The van der Waals surface area contributed by atoms with Crippen LogP contribution in [0.25, 0.3) is 22.1 Å². The number of methoxy groups -OCH3 is 1. The van der Waals surface area contributed by atoms with Crippen molar-refractivity contribution in [3.8, 4) is 11.5 Å². The molecule has 6 aromatic rings. The fourth-order valence-corrected chi connectivity index (χ4v) is 9.19. The van der Waals surface area contributed by atoms with Gasteiger partial charge >= 0.3 is 0 Å². The standard InChI is InChI=1S/C55H63N13O14/c1-6-35-49(81-28(3)61-35)40(71)26-44-63-37-21-32(52(59)76)25-42(80-20-10-17-60-53(77)30(11-14-43(57)72)23-39(70)34(56)13-12-33(69)27-68-45(73)15-16-46(68)74)48(37)66(44)18-8-9-19-67-47-38(22-31(51(58)75)24-41(47)79-5)64-55(67)65-54(78)50-36(7-2)62-29(4)82-50/h8-9,15-16,21-22,24-25,30,34H,6-7,10-14,17-20,23,26-27,56H2,1-5H3,(H2,57,72)(H2,58,75)(H2,59,76)(H,60,77)(H,64,65,78)/b9-8+/t30-,34+/m0/s1. The molecule has 0 aliphatic carbocycles. The van der Waals surface area contributed by atoms with Crippen molar-refractivity contribution >= 4 is 86.7 Å². The zero-order valence-corrected chi connectivity index (χ0v) is 45.8. The summed E-state index contributed by atoms with van der Waals surface area (Å²) in [5.41, 5.74) is 25.3. The second kappa shape index (κ2) is 26.5. The number of nitrogens with one attached hydrogen (secondary N) is 2. The zero-order valence-electron chi connectivity index (χ0n) is 45.8. The molecule has 7 rings (SSSR count). The van der Waals surface area contributed by atoms with Crippen molar-refractivity contribution in [3.05, 3.63) is 100 Å². The van der Waals surface area contributed by atoms with E-state index in [0.29, 0.717) is 47.0 Å². The first-order valence-electron chi connectivity index (χ1n) is 26.3. The summed E-state index contributed by atoms with van der Waals surface area (Å²) in [6.45, 7) is 6.47. The summed E-state index contributed by atoms with van der Waals surface area (Å²) < 4.78 is 26.7. The van der Waals surface area contributed by atoms with Crippen LogP contribution in [-0.2, 0) is 61.1 Å². The van der Waals surface area contributed by atoms with E-state index in [1.165, 1.54) is 31.4 Å². The first-order valence-corrected chi connectivity index (χ1v) is 26.3. The third-order valence-corrected chi connectivity index (χ3v) is 13.3. The van der Waals surface area contributed by atoms with Crippen LogP contribution in [0, 0.1) is 19.8 Å². The third kappa shape index (κ3) is 14.2. The molecule has 432 valence electrons. The molecule has 4 aromatic heterocycles. The highest BCUT2D eigenvalue weighted by Crippen LogP contribution is 2.33. The minimum Gasteiger partial charge on any atom is -0.494 e.